The van der Waals surface area contributed by atoms with Gasteiger partial charge in [-0.3, -0.25) is 0 Å². The molecule has 2 saturated heterocycles. The Bertz CT molecular complexity index is 174. The number of methoxy groups -OCH3 is 1. The Morgan fingerprint density at radius 2 is 1.05 bits per heavy atom. The molecule has 2 aliphatic rings. The lowest BCUT2D eigenvalue weighted by atomic mass is 10.00. The Balaban J connectivity index is 0. The monoisotopic (exact) mass is 302 g/mol. The van der Waals surface area contributed by atoms with E-state index >= 15 is 0 Å². The van der Waals surface area contributed by atoms with Gasteiger partial charge in [0.05, 0.1) is 6.10 Å². The van der Waals surface area contributed by atoms with Crippen LogP contribution in [0.5, 0.6) is 0 Å². The van der Waals surface area contributed by atoms with E-state index in [0.29, 0.717) is 6.10 Å². The van der Waals surface area contributed by atoms with Crippen LogP contribution in [0.3, 0.4) is 0 Å². The Hall–Kier alpha value is -0.120. The van der Waals surface area contributed by atoms with Gasteiger partial charge in [0, 0.05) is 20.2 Å². The number of nitrogens with zero attached hydrogens (tertiary/aromatic N) is 2. The summed E-state index contributed by atoms with van der Waals surface area (Å²) in [6, 6.07) is 0. The minimum atomic E-state index is 0.529. The van der Waals surface area contributed by atoms with E-state index in [4.69, 9.17) is 4.74 Å². The molecule has 0 aromatic rings. The average Bonchev–Trinajstić information content (AvgIpc) is 2.55. The zero-order chi connectivity index (χ0) is 16.7. The molecule has 0 aromatic carbocycles. The Labute approximate surface area is 135 Å². The molecule has 0 N–H and O–H groups in total. The van der Waals surface area contributed by atoms with Gasteiger partial charge in [-0.1, -0.05) is 34.6 Å². The Morgan fingerprint density at radius 3 is 1.33 bits per heavy atom. The lowest BCUT2D eigenvalue weighted by Crippen LogP contribution is -2.33. The third kappa shape index (κ3) is 13.3. The molecule has 2 aliphatic heterocycles. The van der Waals surface area contributed by atoms with Crippen molar-refractivity contribution in [2.45, 2.75) is 66.4 Å². The van der Waals surface area contributed by atoms with Crippen LogP contribution in [-0.2, 0) is 4.74 Å². The SMILES string of the molecule is CC.CC.CC1CCN(C)CC1.COC1CCN(C)CC1. The summed E-state index contributed by atoms with van der Waals surface area (Å²) in [6.45, 7) is 15.3. The number of ether oxygens (including phenoxy) is 1. The van der Waals surface area contributed by atoms with Crippen molar-refractivity contribution in [1.29, 1.82) is 0 Å². The largest absolute Gasteiger partial charge is 0.381 e. The first-order chi connectivity index (χ1) is 10.1. The third-order valence-electron chi connectivity index (χ3n) is 4.01. The normalized spacial score (nSPS) is 21.1. The second-order valence-corrected chi connectivity index (χ2v) is 5.72. The van der Waals surface area contributed by atoms with Gasteiger partial charge in [0.15, 0.2) is 0 Å². The summed E-state index contributed by atoms with van der Waals surface area (Å²) >= 11 is 0. The van der Waals surface area contributed by atoms with Crippen molar-refractivity contribution in [2.24, 2.45) is 5.92 Å². The van der Waals surface area contributed by atoms with Gasteiger partial charge < -0.3 is 14.5 Å². The highest BCUT2D eigenvalue weighted by molar-refractivity contribution is 4.68. The van der Waals surface area contributed by atoms with Gasteiger partial charge in [0.1, 0.15) is 0 Å². The molecule has 0 atom stereocenters. The van der Waals surface area contributed by atoms with Crippen molar-refractivity contribution in [2.75, 3.05) is 47.4 Å². The predicted molar refractivity (Wildman–Crippen MR) is 96.1 cm³/mol. The van der Waals surface area contributed by atoms with Crippen LogP contribution < -0.4 is 0 Å². The standard InChI is InChI=1S/C7H15NO.C7H15N.2C2H6/c1-8-5-3-7(9-2)4-6-8;1-7-3-5-8(2)6-4-7;2*1-2/h7H,3-6H2,1-2H3;7H,3-6H2,1-2H3;2*1-2H3. The molecule has 2 heterocycles. The highest BCUT2D eigenvalue weighted by Gasteiger charge is 2.14. The Kier molecular flexibility index (Phi) is 17.9. The minimum Gasteiger partial charge on any atom is -0.381 e. The zero-order valence-corrected chi connectivity index (χ0v) is 16.1. The number of likely N-dealkylation sites (tertiary alicyclic amines) is 2. The molecule has 3 nitrogen and oxygen atoms in total. The highest BCUT2D eigenvalue weighted by Crippen LogP contribution is 2.13. The summed E-state index contributed by atoms with van der Waals surface area (Å²) in [5.74, 6) is 0.978. The van der Waals surface area contributed by atoms with Crippen molar-refractivity contribution >= 4 is 0 Å². The fourth-order valence-corrected chi connectivity index (χ4v) is 2.36. The van der Waals surface area contributed by atoms with Gasteiger partial charge in [0.25, 0.3) is 0 Å². The van der Waals surface area contributed by atoms with Gasteiger partial charge in [-0.2, -0.15) is 0 Å². The lowest BCUT2D eigenvalue weighted by molar-refractivity contribution is 0.0484. The molecular formula is C18H42N2O. The number of hydrogen-bond acceptors (Lipinski definition) is 3. The van der Waals surface area contributed by atoms with Crippen LogP contribution >= 0.6 is 0 Å². The van der Waals surface area contributed by atoms with Crippen molar-refractivity contribution in [3.63, 3.8) is 0 Å². The van der Waals surface area contributed by atoms with E-state index < -0.39 is 0 Å². The zero-order valence-electron chi connectivity index (χ0n) is 16.1. The van der Waals surface area contributed by atoms with Gasteiger partial charge in [-0.15, -0.1) is 0 Å². The molecule has 0 saturated carbocycles. The molecular weight excluding hydrogens is 260 g/mol. The van der Waals surface area contributed by atoms with E-state index in [-0.39, 0.29) is 0 Å². The van der Waals surface area contributed by atoms with E-state index in [1.165, 1.54) is 51.9 Å². The fourth-order valence-electron chi connectivity index (χ4n) is 2.36. The number of rotatable bonds is 1. The minimum absolute atomic E-state index is 0.529. The average molecular weight is 303 g/mol. The van der Waals surface area contributed by atoms with E-state index in [0.717, 1.165) is 5.92 Å². The summed E-state index contributed by atoms with van der Waals surface area (Å²) in [6.07, 6.45) is 5.73. The van der Waals surface area contributed by atoms with Crippen LogP contribution in [0.25, 0.3) is 0 Å². The fraction of sp³-hybridized carbons (Fsp3) is 1.00. The van der Waals surface area contributed by atoms with Crippen molar-refractivity contribution in [1.82, 2.24) is 9.80 Å². The van der Waals surface area contributed by atoms with Gasteiger partial charge in [-0.05, 0) is 58.8 Å². The van der Waals surface area contributed by atoms with Crippen LogP contribution in [-0.4, -0.2) is 63.3 Å². The summed E-state index contributed by atoms with van der Waals surface area (Å²) in [5, 5.41) is 0. The van der Waals surface area contributed by atoms with E-state index in [9.17, 15) is 0 Å². The summed E-state index contributed by atoms with van der Waals surface area (Å²) in [4.78, 5) is 4.75. The highest BCUT2D eigenvalue weighted by atomic mass is 16.5. The van der Waals surface area contributed by atoms with Crippen LogP contribution in [0.1, 0.15) is 60.3 Å². The maximum Gasteiger partial charge on any atom is 0.0595 e. The molecule has 21 heavy (non-hydrogen) atoms. The van der Waals surface area contributed by atoms with E-state index in [2.05, 4.69) is 30.8 Å². The molecule has 0 aromatic heterocycles. The van der Waals surface area contributed by atoms with Crippen molar-refractivity contribution < 1.29 is 4.74 Å². The van der Waals surface area contributed by atoms with E-state index in [1.807, 2.05) is 27.7 Å². The number of hydrogen-bond donors (Lipinski definition) is 0. The molecule has 3 heteroatoms. The first kappa shape index (κ1) is 23.2. The van der Waals surface area contributed by atoms with Crippen LogP contribution in [0.4, 0.5) is 0 Å². The van der Waals surface area contributed by atoms with Crippen LogP contribution in [0, 0.1) is 5.92 Å². The quantitative estimate of drug-likeness (QED) is 0.724. The van der Waals surface area contributed by atoms with Crippen LogP contribution in [0.2, 0.25) is 0 Å². The maximum atomic E-state index is 5.21. The molecule has 0 aliphatic carbocycles. The smallest absolute Gasteiger partial charge is 0.0595 e. The molecule has 0 spiro atoms. The van der Waals surface area contributed by atoms with Crippen LogP contribution in [0.15, 0.2) is 0 Å². The topological polar surface area (TPSA) is 15.7 Å². The first-order valence-electron chi connectivity index (χ1n) is 9.01. The third-order valence-corrected chi connectivity index (χ3v) is 4.01. The number of piperidine rings is 2. The molecule has 0 radical (unpaired) electrons. The van der Waals surface area contributed by atoms with Crippen molar-refractivity contribution in [3.05, 3.63) is 0 Å². The van der Waals surface area contributed by atoms with Gasteiger partial charge in [0.2, 0.25) is 0 Å². The Morgan fingerprint density at radius 1 is 0.714 bits per heavy atom. The molecule has 2 rings (SSSR count). The summed E-state index contributed by atoms with van der Waals surface area (Å²) in [7, 11) is 6.16. The second-order valence-electron chi connectivity index (χ2n) is 5.72. The summed E-state index contributed by atoms with van der Waals surface area (Å²) < 4.78 is 5.21. The van der Waals surface area contributed by atoms with Gasteiger partial charge in [-0.25, -0.2) is 0 Å². The molecule has 130 valence electrons. The molecule has 2 fully saturated rings. The molecule has 0 amide bonds. The maximum absolute atomic E-state index is 5.21. The van der Waals surface area contributed by atoms with Crippen molar-refractivity contribution in [3.8, 4) is 0 Å². The molecule has 0 bridgehead atoms. The molecule has 0 unspecified atom stereocenters. The second kappa shape index (κ2) is 16.3. The summed E-state index contributed by atoms with van der Waals surface area (Å²) in [5.41, 5.74) is 0. The lowest BCUT2D eigenvalue weighted by Gasteiger charge is -2.27. The van der Waals surface area contributed by atoms with E-state index in [1.54, 1.807) is 7.11 Å². The predicted octanol–water partition coefficient (Wildman–Crippen LogP) is 4.13. The van der Waals surface area contributed by atoms with Gasteiger partial charge >= 0.3 is 0 Å². The first-order valence-corrected chi connectivity index (χ1v) is 9.01.